The van der Waals surface area contributed by atoms with Crippen molar-refractivity contribution in [3.63, 3.8) is 0 Å². The third kappa shape index (κ3) is 4.67. The summed E-state index contributed by atoms with van der Waals surface area (Å²) in [6, 6.07) is 0.192. The van der Waals surface area contributed by atoms with Gasteiger partial charge in [0.25, 0.3) is 0 Å². The third-order valence-corrected chi connectivity index (χ3v) is 5.00. The molecule has 1 heterocycles. The Morgan fingerprint density at radius 3 is 3.00 bits per heavy atom. The SMILES string of the molecule is CN(C(=O)CCCSc1nnnn1C)C1CCCC(O)C1. The Morgan fingerprint density at radius 1 is 1.52 bits per heavy atom. The summed E-state index contributed by atoms with van der Waals surface area (Å²) < 4.78 is 1.63. The molecule has 118 valence electrons. The van der Waals surface area contributed by atoms with Gasteiger partial charge in [-0.05, 0) is 42.5 Å². The van der Waals surface area contributed by atoms with Crippen molar-refractivity contribution in [1.82, 2.24) is 25.1 Å². The molecule has 1 aromatic rings. The summed E-state index contributed by atoms with van der Waals surface area (Å²) in [6.45, 7) is 0. The predicted molar refractivity (Wildman–Crippen MR) is 79.8 cm³/mol. The van der Waals surface area contributed by atoms with Crippen molar-refractivity contribution in [2.24, 2.45) is 7.05 Å². The topological polar surface area (TPSA) is 84.1 Å². The highest BCUT2D eigenvalue weighted by atomic mass is 32.2. The molecule has 21 heavy (non-hydrogen) atoms. The number of aryl methyl sites for hydroxylation is 1. The van der Waals surface area contributed by atoms with Crippen molar-refractivity contribution in [1.29, 1.82) is 0 Å². The zero-order valence-corrected chi connectivity index (χ0v) is 13.4. The molecule has 1 saturated carbocycles. The van der Waals surface area contributed by atoms with E-state index in [1.54, 1.807) is 23.5 Å². The Bertz CT molecular complexity index is 467. The van der Waals surface area contributed by atoms with Crippen LogP contribution in [0.4, 0.5) is 0 Å². The molecule has 8 heteroatoms. The van der Waals surface area contributed by atoms with Crippen LogP contribution in [0.25, 0.3) is 0 Å². The number of aromatic nitrogens is 4. The molecule has 0 aromatic carbocycles. The van der Waals surface area contributed by atoms with Gasteiger partial charge in [-0.15, -0.1) is 5.10 Å². The van der Waals surface area contributed by atoms with Crippen LogP contribution in [-0.2, 0) is 11.8 Å². The zero-order valence-electron chi connectivity index (χ0n) is 12.6. The van der Waals surface area contributed by atoms with E-state index in [-0.39, 0.29) is 18.1 Å². The first-order valence-electron chi connectivity index (χ1n) is 7.37. The number of carbonyl (C=O) groups excluding carboxylic acids is 1. The number of aliphatic hydroxyl groups is 1. The molecular formula is C13H23N5O2S. The number of thioether (sulfide) groups is 1. The fourth-order valence-corrected chi connectivity index (χ4v) is 3.39. The van der Waals surface area contributed by atoms with Crippen LogP contribution in [0.5, 0.6) is 0 Å². The Labute approximate surface area is 129 Å². The summed E-state index contributed by atoms with van der Waals surface area (Å²) in [5, 5.41) is 21.7. The molecular weight excluding hydrogens is 290 g/mol. The number of aliphatic hydroxyl groups excluding tert-OH is 1. The molecule has 2 atom stereocenters. The second kappa shape index (κ2) is 7.74. The zero-order chi connectivity index (χ0) is 15.2. The molecule has 1 aliphatic carbocycles. The van der Waals surface area contributed by atoms with E-state index in [4.69, 9.17) is 0 Å². The molecule has 1 amide bonds. The second-order valence-electron chi connectivity index (χ2n) is 5.52. The first-order chi connectivity index (χ1) is 10.1. The first-order valence-corrected chi connectivity index (χ1v) is 8.35. The summed E-state index contributed by atoms with van der Waals surface area (Å²) in [5.41, 5.74) is 0. The van der Waals surface area contributed by atoms with Crippen LogP contribution in [0, 0.1) is 0 Å². The molecule has 0 aliphatic heterocycles. The summed E-state index contributed by atoms with van der Waals surface area (Å²) >= 11 is 1.56. The molecule has 0 spiro atoms. The van der Waals surface area contributed by atoms with Crippen LogP contribution in [0.3, 0.4) is 0 Å². The van der Waals surface area contributed by atoms with Gasteiger partial charge in [0, 0.05) is 32.3 Å². The maximum Gasteiger partial charge on any atom is 0.222 e. The Morgan fingerprint density at radius 2 is 2.33 bits per heavy atom. The maximum absolute atomic E-state index is 12.2. The highest BCUT2D eigenvalue weighted by Gasteiger charge is 2.25. The van der Waals surface area contributed by atoms with E-state index in [0.717, 1.165) is 36.6 Å². The molecule has 1 aromatic heterocycles. The highest BCUT2D eigenvalue weighted by molar-refractivity contribution is 7.99. The van der Waals surface area contributed by atoms with Crippen LogP contribution in [-0.4, -0.2) is 61.1 Å². The van der Waals surface area contributed by atoms with Crippen LogP contribution >= 0.6 is 11.8 Å². The van der Waals surface area contributed by atoms with E-state index >= 15 is 0 Å². The number of tetrazole rings is 1. The van der Waals surface area contributed by atoms with Gasteiger partial charge in [0.05, 0.1) is 6.10 Å². The van der Waals surface area contributed by atoms with Gasteiger partial charge in [0.2, 0.25) is 11.1 Å². The van der Waals surface area contributed by atoms with Gasteiger partial charge in [-0.3, -0.25) is 4.79 Å². The molecule has 7 nitrogen and oxygen atoms in total. The summed E-state index contributed by atoms with van der Waals surface area (Å²) in [4.78, 5) is 14.0. The van der Waals surface area contributed by atoms with Gasteiger partial charge in [-0.1, -0.05) is 11.8 Å². The Hall–Kier alpha value is -1.15. The maximum atomic E-state index is 12.2. The van der Waals surface area contributed by atoms with Gasteiger partial charge in [-0.2, -0.15) is 0 Å². The monoisotopic (exact) mass is 313 g/mol. The minimum atomic E-state index is -0.252. The quantitative estimate of drug-likeness (QED) is 0.619. The van der Waals surface area contributed by atoms with Gasteiger partial charge in [0.1, 0.15) is 0 Å². The first kappa shape index (κ1) is 16.2. The number of amides is 1. The molecule has 0 saturated heterocycles. The summed E-state index contributed by atoms with van der Waals surface area (Å²) in [6.07, 6.45) is 4.65. The number of rotatable bonds is 6. The van der Waals surface area contributed by atoms with Crippen LogP contribution in [0.1, 0.15) is 38.5 Å². The van der Waals surface area contributed by atoms with E-state index in [9.17, 15) is 9.90 Å². The highest BCUT2D eigenvalue weighted by Crippen LogP contribution is 2.23. The van der Waals surface area contributed by atoms with Crippen LogP contribution in [0.15, 0.2) is 5.16 Å². The normalized spacial score (nSPS) is 22.2. The molecule has 0 radical (unpaired) electrons. The lowest BCUT2D eigenvalue weighted by Gasteiger charge is -2.33. The molecule has 1 fully saturated rings. The lowest BCUT2D eigenvalue weighted by atomic mass is 9.92. The van der Waals surface area contributed by atoms with E-state index < -0.39 is 0 Å². The van der Waals surface area contributed by atoms with Crippen molar-refractivity contribution in [3.05, 3.63) is 0 Å². The van der Waals surface area contributed by atoms with Crippen molar-refractivity contribution in [3.8, 4) is 0 Å². The van der Waals surface area contributed by atoms with E-state index in [1.807, 2.05) is 11.9 Å². The predicted octanol–water partition coefficient (Wildman–Crippen LogP) is 0.844. The minimum Gasteiger partial charge on any atom is -0.393 e. The lowest BCUT2D eigenvalue weighted by molar-refractivity contribution is -0.133. The number of nitrogens with zero attached hydrogens (tertiary/aromatic N) is 5. The fourth-order valence-electron chi connectivity index (χ4n) is 2.60. The standard InChI is InChI=1S/C13H23N5O2S/c1-17(10-5-3-6-11(19)9-10)12(20)7-4-8-21-13-14-15-16-18(13)2/h10-11,19H,3-9H2,1-2H3. The van der Waals surface area contributed by atoms with Crippen molar-refractivity contribution in [2.75, 3.05) is 12.8 Å². The van der Waals surface area contributed by atoms with Crippen molar-refractivity contribution in [2.45, 2.75) is 55.8 Å². The Kier molecular flexibility index (Phi) is 5.98. The summed E-state index contributed by atoms with van der Waals surface area (Å²) in [7, 11) is 3.65. The van der Waals surface area contributed by atoms with Gasteiger partial charge < -0.3 is 10.0 Å². The number of carbonyl (C=O) groups is 1. The molecule has 2 unspecified atom stereocenters. The van der Waals surface area contributed by atoms with E-state index in [0.29, 0.717) is 12.8 Å². The number of hydrogen-bond acceptors (Lipinski definition) is 6. The van der Waals surface area contributed by atoms with Crippen molar-refractivity contribution >= 4 is 17.7 Å². The second-order valence-corrected chi connectivity index (χ2v) is 6.58. The fraction of sp³-hybridized carbons (Fsp3) is 0.846. The van der Waals surface area contributed by atoms with Crippen molar-refractivity contribution < 1.29 is 9.90 Å². The average molecular weight is 313 g/mol. The van der Waals surface area contributed by atoms with E-state index in [2.05, 4.69) is 15.5 Å². The Balaban J connectivity index is 1.68. The molecule has 1 aliphatic rings. The summed E-state index contributed by atoms with van der Waals surface area (Å²) in [5.74, 6) is 0.979. The molecule has 0 bridgehead atoms. The van der Waals surface area contributed by atoms with Crippen LogP contribution < -0.4 is 0 Å². The minimum absolute atomic E-state index is 0.158. The largest absolute Gasteiger partial charge is 0.393 e. The van der Waals surface area contributed by atoms with Gasteiger partial charge in [-0.25, -0.2) is 4.68 Å². The molecule has 2 rings (SSSR count). The third-order valence-electron chi connectivity index (χ3n) is 3.91. The van der Waals surface area contributed by atoms with E-state index in [1.165, 1.54) is 0 Å². The van der Waals surface area contributed by atoms with Gasteiger partial charge in [0.15, 0.2) is 0 Å². The van der Waals surface area contributed by atoms with Crippen LogP contribution in [0.2, 0.25) is 0 Å². The number of hydrogen-bond donors (Lipinski definition) is 1. The van der Waals surface area contributed by atoms with Gasteiger partial charge >= 0.3 is 0 Å². The average Bonchev–Trinajstić information content (AvgIpc) is 2.88. The molecule has 1 N–H and O–H groups in total. The lowest BCUT2D eigenvalue weighted by Crippen LogP contribution is -2.41. The smallest absolute Gasteiger partial charge is 0.222 e.